The van der Waals surface area contributed by atoms with Gasteiger partial charge in [-0.05, 0) is 43.4 Å². The monoisotopic (exact) mass is 263 g/mol. The third-order valence-corrected chi connectivity index (χ3v) is 3.64. The molecule has 0 radical (unpaired) electrons. The van der Waals surface area contributed by atoms with Gasteiger partial charge in [0.15, 0.2) is 5.83 Å². The van der Waals surface area contributed by atoms with Crippen molar-refractivity contribution >= 4 is 0 Å². The molecule has 1 aliphatic rings. The lowest BCUT2D eigenvalue weighted by Gasteiger charge is -2.21. The molecule has 0 aliphatic heterocycles. The van der Waals surface area contributed by atoms with Crippen LogP contribution in [0, 0.1) is 5.92 Å². The predicted octanol–water partition coefficient (Wildman–Crippen LogP) is 4.06. The number of halogens is 2. The van der Waals surface area contributed by atoms with Crippen molar-refractivity contribution in [1.82, 2.24) is 0 Å². The average Bonchev–Trinajstić information content (AvgIpc) is 2.44. The van der Waals surface area contributed by atoms with Crippen molar-refractivity contribution in [3.05, 3.63) is 59.2 Å². The number of allylic oxidation sites excluding steroid dienone is 3. The molecular formula is C16H19F2N. The molecule has 0 heterocycles. The van der Waals surface area contributed by atoms with E-state index in [1.54, 1.807) is 0 Å². The number of nitrogens with two attached hydrogens (primary N) is 1. The number of hydrogen-bond donors (Lipinski definition) is 1. The van der Waals surface area contributed by atoms with Crippen molar-refractivity contribution in [2.75, 3.05) is 6.54 Å². The van der Waals surface area contributed by atoms with Gasteiger partial charge in [-0.1, -0.05) is 35.9 Å². The Hall–Kier alpha value is -1.48. The molecule has 1 aromatic carbocycles. The Morgan fingerprint density at radius 1 is 1.11 bits per heavy atom. The second-order valence-corrected chi connectivity index (χ2v) is 4.93. The van der Waals surface area contributed by atoms with E-state index in [-0.39, 0.29) is 12.3 Å². The van der Waals surface area contributed by atoms with Gasteiger partial charge in [0.1, 0.15) is 5.83 Å². The summed E-state index contributed by atoms with van der Waals surface area (Å²) < 4.78 is 26.3. The Bertz CT molecular complexity index is 477. The number of hydrogen-bond acceptors (Lipinski definition) is 1. The lowest BCUT2D eigenvalue weighted by atomic mass is 9.87. The molecule has 102 valence electrons. The van der Waals surface area contributed by atoms with Crippen LogP contribution < -0.4 is 5.73 Å². The number of aryl methyl sites for hydroxylation is 1. The van der Waals surface area contributed by atoms with Crippen LogP contribution in [0.15, 0.2) is 53.6 Å². The molecule has 1 unspecified atom stereocenters. The van der Waals surface area contributed by atoms with Crippen LogP contribution in [-0.2, 0) is 6.42 Å². The van der Waals surface area contributed by atoms with Crippen molar-refractivity contribution in [1.29, 1.82) is 0 Å². The molecule has 0 aromatic heterocycles. The minimum Gasteiger partial charge on any atom is -0.330 e. The highest BCUT2D eigenvalue weighted by atomic mass is 19.2. The van der Waals surface area contributed by atoms with Crippen LogP contribution in [0.25, 0.3) is 0 Å². The molecular weight excluding hydrogens is 244 g/mol. The highest BCUT2D eigenvalue weighted by Gasteiger charge is 2.19. The van der Waals surface area contributed by atoms with Crippen LogP contribution >= 0.6 is 0 Å². The van der Waals surface area contributed by atoms with E-state index < -0.39 is 11.7 Å². The van der Waals surface area contributed by atoms with Crippen LogP contribution in [0.4, 0.5) is 8.78 Å². The van der Waals surface area contributed by atoms with Crippen LogP contribution in [0.1, 0.15) is 24.8 Å². The van der Waals surface area contributed by atoms with Gasteiger partial charge in [-0.2, -0.15) is 0 Å². The van der Waals surface area contributed by atoms with E-state index in [4.69, 9.17) is 5.73 Å². The second kappa shape index (κ2) is 6.62. The fourth-order valence-electron chi connectivity index (χ4n) is 2.45. The molecule has 0 saturated heterocycles. The molecule has 2 N–H and O–H groups in total. The maximum Gasteiger partial charge on any atom is 0.154 e. The molecule has 0 amide bonds. The zero-order chi connectivity index (χ0) is 13.7. The quantitative estimate of drug-likeness (QED) is 0.851. The largest absolute Gasteiger partial charge is 0.330 e. The normalized spacial score (nSPS) is 17.3. The molecule has 0 bridgehead atoms. The van der Waals surface area contributed by atoms with Crippen molar-refractivity contribution in [2.24, 2.45) is 11.7 Å². The maximum atomic E-state index is 13.3. The molecule has 2 rings (SSSR count). The van der Waals surface area contributed by atoms with E-state index in [1.807, 2.05) is 18.2 Å². The Morgan fingerprint density at radius 3 is 2.47 bits per heavy atom. The highest BCUT2D eigenvalue weighted by Crippen LogP contribution is 2.31. The van der Waals surface area contributed by atoms with E-state index in [2.05, 4.69) is 12.1 Å². The Labute approximate surface area is 112 Å². The fraction of sp³-hybridized carbons (Fsp3) is 0.375. The summed E-state index contributed by atoms with van der Waals surface area (Å²) >= 11 is 0. The summed E-state index contributed by atoms with van der Waals surface area (Å²) in [6.45, 7) is 0.480. The van der Waals surface area contributed by atoms with Gasteiger partial charge in [0, 0.05) is 6.42 Å². The van der Waals surface area contributed by atoms with Crippen LogP contribution in [-0.4, -0.2) is 6.54 Å². The zero-order valence-electron chi connectivity index (χ0n) is 10.9. The van der Waals surface area contributed by atoms with Gasteiger partial charge < -0.3 is 5.73 Å². The summed E-state index contributed by atoms with van der Waals surface area (Å²) in [5.74, 6) is -1.22. The molecule has 1 aromatic rings. The van der Waals surface area contributed by atoms with Gasteiger partial charge >= 0.3 is 0 Å². The average molecular weight is 263 g/mol. The van der Waals surface area contributed by atoms with Gasteiger partial charge in [0.25, 0.3) is 0 Å². The summed E-state index contributed by atoms with van der Waals surface area (Å²) in [6, 6.07) is 10.1. The van der Waals surface area contributed by atoms with E-state index in [9.17, 15) is 8.78 Å². The summed E-state index contributed by atoms with van der Waals surface area (Å²) in [4.78, 5) is 0. The molecule has 0 fully saturated rings. The lowest BCUT2D eigenvalue weighted by molar-refractivity contribution is 0.480. The first-order valence-electron chi connectivity index (χ1n) is 6.69. The summed E-state index contributed by atoms with van der Waals surface area (Å²) in [6.07, 6.45) is 3.87. The first-order valence-corrected chi connectivity index (χ1v) is 6.69. The third-order valence-electron chi connectivity index (χ3n) is 3.64. The smallest absolute Gasteiger partial charge is 0.154 e. The van der Waals surface area contributed by atoms with Gasteiger partial charge in [0.2, 0.25) is 0 Å². The molecule has 1 aliphatic carbocycles. The number of rotatable bonds is 5. The minimum atomic E-state index is -0.723. The molecule has 3 heteroatoms. The number of benzene rings is 1. The first kappa shape index (κ1) is 13.9. The van der Waals surface area contributed by atoms with Gasteiger partial charge in [-0.15, -0.1) is 0 Å². The highest BCUT2D eigenvalue weighted by molar-refractivity contribution is 5.28. The van der Waals surface area contributed by atoms with Gasteiger partial charge in [0.05, 0.1) is 0 Å². The lowest BCUT2D eigenvalue weighted by Crippen LogP contribution is -2.19. The minimum absolute atomic E-state index is 0.138. The van der Waals surface area contributed by atoms with E-state index in [1.165, 1.54) is 11.6 Å². The fourth-order valence-corrected chi connectivity index (χ4v) is 2.45. The maximum absolute atomic E-state index is 13.3. The van der Waals surface area contributed by atoms with Gasteiger partial charge in [-0.3, -0.25) is 0 Å². The summed E-state index contributed by atoms with van der Waals surface area (Å²) in [7, 11) is 0. The zero-order valence-corrected chi connectivity index (χ0v) is 10.9. The molecule has 19 heavy (non-hydrogen) atoms. The van der Waals surface area contributed by atoms with Crippen LogP contribution in [0.2, 0.25) is 0 Å². The first-order chi connectivity index (χ1) is 9.20. The van der Waals surface area contributed by atoms with Crippen molar-refractivity contribution < 1.29 is 8.78 Å². The molecule has 1 atom stereocenters. The van der Waals surface area contributed by atoms with E-state index in [0.717, 1.165) is 18.4 Å². The van der Waals surface area contributed by atoms with Gasteiger partial charge in [-0.25, -0.2) is 8.78 Å². The van der Waals surface area contributed by atoms with E-state index in [0.29, 0.717) is 13.0 Å². The van der Waals surface area contributed by atoms with Crippen molar-refractivity contribution in [3.8, 4) is 0 Å². The Morgan fingerprint density at radius 2 is 1.84 bits per heavy atom. The topological polar surface area (TPSA) is 26.0 Å². The van der Waals surface area contributed by atoms with Crippen LogP contribution in [0.5, 0.6) is 0 Å². The van der Waals surface area contributed by atoms with Crippen molar-refractivity contribution in [2.45, 2.75) is 25.7 Å². The SMILES string of the molecule is NCC(CCc1ccccc1)C1=CC(F)=C(F)CC1. The molecule has 0 saturated carbocycles. The standard InChI is InChI=1S/C16H19F2N/c17-15-9-8-13(10-16(15)18)14(11-19)7-6-12-4-2-1-3-5-12/h1-5,10,14H,6-9,11,19H2. The molecule has 0 spiro atoms. The summed E-state index contributed by atoms with van der Waals surface area (Å²) in [5, 5.41) is 0. The second-order valence-electron chi connectivity index (χ2n) is 4.93. The Balaban J connectivity index is 1.99. The molecule has 1 nitrogen and oxygen atoms in total. The Kier molecular flexibility index (Phi) is 4.86. The van der Waals surface area contributed by atoms with E-state index >= 15 is 0 Å². The van der Waals surface area contributed by atoms with Crippen LogP contribution in [0.3, 0.4) is 0 Å². The predicted molar refractivity (Wildman–Crippen MR) is 73.9 cm³/mol. The van der Waals surface area contributed by atoms with Crippen molar-refractivity contribution in [3.63, 3.8) is 0 Å². The third kappa shape index (κ3) is 3.74. The summed E-state index contributed by atoms with van der Waals surface area (Å²) in [5.41, 5.74) is 7.97.